The second-order valence-corrected chi connectivity index (χ2v) is 6.95. The number of aliphatic carboxylic acids is 1. The third-order valence-corrected chi connectivity index (χ3v) is 5.56. The molecule has 2 atom stereocenters. The van der Waals surface area contributed by atoms with Crippen molar-refractivity contribution in [1.29, 1.82) is 0 Å². The Kier molecular flexibility index (Phi) is 4.61. The molecule has 0 saturated carbocycles. The summed E-state index contributed by atoms with van der Waals surface area (Å²) in [6.45, 7) is 4.89. The number of carbonyl (C=O) groups is 2. The molecule has 20 heavy (non-hydrogen) atoms. The highest BCUT2D eigenvalue weighted by Gasteiger charge is 2.49. The van der Waals surface area contributed by atoms with Crippen molar-refractivity contribution in [3.05, 3.63) is 0 Å². The minimum absolute atomic E-state index is 0.119. The van der Waals surface area contributed by atoms with Gasteiger partial charge in [0.2, 0.25) is 5.91 Å². The Hall–Kier alpha value is -0.790. The van der Waals surface area contributed by atoms with Gasteiger partial charge in [-0.15, -0.1) is 11.8 Å². The van der Waals surface area contributed by atoms with Gasteiger partial charge in [0.05, 0.1) is 5.37 Å². The van der Waals surface area contributed by atoms with E-state index in [2.05, 4.69) is 0 Å². The molecule has 114 valence electrons. The van der Waals surface area contributed by atoms with Crippen LogP contribution in [0, 0.1) is 5.92 Å². The molecular weight excluding hydrogens is 280 g/mol. The summed E-state index contributed by atoms with van der Waals surface area (Å²) >= 11 is 1.52. The van der Waals surface area contributed by atoms with E-state index in [0.717, 1.165) is 0 Å². The SMILES string of the molecule is CC(C)C1SCC(C(=O)O)N1C(=O)C1(N)CCOCC1. The molecule has 0 aliphatic carbocycles. The number of rotatable bonds is 3. The highest BCUT2D eigenvalue weighted by Crippen LogP contribution is 2.36. The van der Waals surface area contributed by atoms with E-state index in [-0.39, 0.29) is 17.2 Å². The Labute approximate surface area is 123 Å². The lowest BCUT2D eigenvalue weighted by Gasteiger charge is -2.39. The number of carboxylic acid groups (broad SMARTS) is 1. The van der Waals surface area contributed by atoms with E-state index in [1.807, 2.05) is 13.8 Å². The van der Waals surface area contributed by atoms with Crippen LogP contribution in [-0.2, 0) is 14.3 Å². The zero-order chi connectivity index (χ0) is 14.9. The fraction of sp³-hybridized carbons (Fsp3) is 0.846. The zero-order valence-corrected chi connectivity index (χ0v) is 12.7. The maximum atomic E-state index is 12.8. The molecule has 0 spiro atoms. The molecule has 3 N–H and O–H groups in total. The molecule has 2 aliphatic rings. The predicted molar refractivity (Wildman–Crippen MR) is 76.3 cm³/mol. The first-order chi connectivity index (χ1) is 9.37. The summed E-state index contributed by atoms with van der Waals surface area (Å²) in [5.74, 6) is -0.574. The largest absolute Gasteiger partial charge is 0.480 e. The third kappa shape index (κ3) is 2.80. The molecule has 2 fully saturated rings. The molecule has 0 aromatic rings. The van der Waals surface area contributed by atoms with Crippen molar-refractivity contribution in [2.45, 2.75) is 43.6 Å². The van der Waals surface area contributed by atoms with Crippen LogP contribution in [0.2, 0.25) is 0 Å². The van der Waals surface area contributed by atoms with E-state index in [1.54, 1.807) is 0 Å². The second-order valence-electron chi connectivity index (χ2n) is 5.80. The Morgan fingerprint density at radius 1 is 1.40 bits per heavy atom. The van der Waals surface area contributed by atoms with Crippen LogP contribution in [0.5, 0.6) is 0 Å². The first-order valence-electron chi connectivity index (χ1n) is 6.90. The third-order valence-electron chi connectivity index (χ3n) is 3.94. The van der Waals surface area contributed by atoms with Crippen LogP contribution in [0.25, 0.3) is 0 Å². The lowest BCUT2D eigenvalue weighted by Crippen LogP contribution is -2.62. The summed E-state index contributed by atoms with van der Waals surface area (Å²) in [7, 11) is 0. The first-order valence-corrected chi connectivity index (χ1v) is 7.95. The van der Waals surface area contributed by atoms with E-state index in [0.29, 0.717) is 31.8 Å². The number of nitrogens with zero attached hydrogens (tertiary/aromatic N) is 1. The van der Waals surface area contributed by atoms with E-state index in [1.165, 1.54) is 16.7 Å². The smallest absolute Gasteiger partial charge is 0.327 e. The standard InChI is InChI=1S/C13H22N2O4S/c1-8(2)10-15(9(7-20-10)11(16)17)12(18)13(14)3-5-19-6-4-13/h8-10H,3-7,14H2,1-2H3,(H,16,17). The molecule has 0 aromatic carbocycles. The highest BCUT2D eigenvalue weighted by molar-refractivity contribution is 8.00. The summed E-state index contributed by atoms with van der Waals surface area (Å²) in [4.78, 5) is 25.7. The molecule has 0 bridgehead atoms. The van der Waals surface area contributed by atoms with Crippen LogP contribution in [0.15, 0.2) is 0 Å². The van der Waals surface area contributed by atoms with Crippen LogP contribution < -0.4 is 5.73 Å². The van der Waals surface area contributed by atoms with Crippen LogP contribution in [0.3, 0.4) is 0 Å². The minimum Gasteiger partial charge on any atom is -0.480 e. The number of carbonyl (C=O) groups excluding carboxylic acids is 1. The second kappa shape index (κ2) is 5.91. The van der Waals surface area contributed by atoms with Crippen LogP contribution in [0.1, 0.15) is 26.7 Å². The molecule has 2 saturated heterocycles. The topological polar surface area (TPSA) is 92.9 Å². The zero-order valence-electron chi connectivity index (χ0n) is 11.9. The number of thioether (sulfide) groups is 1. The summed E-state index contributed by atoms with van der Waals surface area (Å²) in [6.07, 6.45) is 0.897. The molecular formula is C13H22N2O4S. The lowest BCUT2D eigenvalue weighted by molar-refractivity contribution is -0.154. The maximum Gasteiger partial charge on any atom is 0.327 e. The van der Waals surface area contributed by atoms with E-state index in [9.17, 15) is 14.7 Å². The van der Waals surface area contributed by atoms with Crippen LogP contribution in [-0.4, -0.2) is 57.8 Å². The van der Waals surface area contributed by atoms with E-state index >= 15 is 0 Å². The van der Waals surface area contributed by atoms with Crippen LogP contribution >= 0.6 is 11.8 Å². The summed E-state index contributed by atoms with van der Waals surface area (Å²) in [5, 5.41) is 9.22. The van der Waals surface area contributed by atoms with Gasteiger partial charge in [-0.3, -0.25) is 4.79 Å². The Bertz CT molecular complexity index is 396. The number of nitrogens with two attached hydrogens (primary N) is 1. The van der Waals surface area contributed by atoms with Gasteiger partial charge in [-0.1, -0.05) is 13.8 Å². The molecule has 1 amide bonds. The van der Waals surface area contributed by atoms with Gasteiger partial charge in [0.15, 0.2) is 0 Å². The predicted octanol–water partition coefficient (Wildman–Crippen LogP) is 0.505. The lowest BCUT2D eigenvalue weighted by atomic mass is 9.89. The van der Waals surface area contributed by atoms with E-state index < -0.39 is 17.6 Å². The quantitative estimate of drug-likeness (QED) is 0.789. The Morgan fingerprint density at radius 3 is 2.50 bits per heavy atom. The van der Waals surface area contributed by atoms with Crippen molar-refractivity contribution in [1.82, 2.24) is 4.90 Å². The van der Waals surface area contributed by atoms with Crippen molar-refractivity contribution in [2.24, 2.45) is 11.7 Å². The van der Waals surface area contributed by atoms with Crippen molar-refractivity contribution in [3.8, 4) is 0 Å². The summed E-state index contributed by atoms with van der Waals surface area (Å²) in [5.41, 5.74) is 5.25. The van der Waals surface area contributed by atoms with Crippen molar-refractivity contribution >= 4 is 23.6 Å². The van der Waals surface area contributed by atoms with Gasteiger partial charge in [0.25, 0.3) is 0 Å². The molecule has 2 aliphatic heterocycles. The molecule has 2 heterocycles. The monoisotopic (exact) mass is 302 g/mol. The number of carboxylic acids is 1. The first kappa shape index (κ1) is 15.6. The molecule has 0 radical (unpaired) electrons. The minimum atomic E-state index is -0.982. The van der Waals surface area contributed by atoms with Gasteiger partial charge >= 0.3 is 5.97 Å². The van der Waals surface area contributed by atoms with E-state index in [4.69, 9.17) is 10.5 Å². The van der Waals surface area contributed by atoms with Gasteiger partial charge in [-0.2, -0.15) is 0 Å². The maximum absolute atomic E-state index is 12.8. The Morgan fingerprint density at radius 2 is 2.00 bits per heavy atom. The molecule has 0 aromatic heterocycles. The molecule has 6 nitrogen and oxygen atoms in total. The van der Waals surface area contributed by atoms with Crippen LogP contribution in [0.4, 0.5) is 0 Å². The van der Waals surface area contributed by atoms with Gasteiger partial charge in [0.1, 0.15) is 11.6 Å². The number of hydrogen-bond donors (Lipinski definition) is 2. The summed E-state index contributed by atoms with van der Waals surface area (Å²) < 4.78 is 5.25. The number of ether oxygens (including phenoxy) is 1. The fourth-order valence-corrected chi connectivity index (χ4v) is 4.17. The average molecular weight is 302 g/mol. The highest BCUT2D eigenvalue weighted by atomic mass is 32.2. The molecule has 2 rings (SSSR count). The van der Waals surface area contributed by atoms with Crippen molar-refractivity contribution in [2.75, 3.05) is 19.0 Å². The van der Waals surface area contributed by atoms with Gasteiger partial charge < -0.3 is 20.5 Å². The summed E-state index contributed by atoms with van der Waals surface area (Å²) in [6, 6.07) is -0.775. The van der Waals surface area contributed by atoms with Crippen molar-refractivity contribution in [3.63, 3.8) is 0 Å². The van der Waals surface area contributed by atoms with Gasteiger partial charge in [-0.25, -0.2) is 4.79 Å². The number of amides is 1. The van der Waals surface area contributed by atoms with Crippen molar-refractivity contribution < 1.29 is 19.4 Å². The van der Waals surface area contributed by atoms with Gasteiger partial charge in [-0.05, 0) is 18.8 Å². The average Bonchev–Trinajstić information content (AvgIpc) is 2.83. The number of hydrogen-bond acceptors (Lipinski definition) is 5. The molecule has 2 unspecified atom stereocenters. The molecule has 7 heteroatoms. The van der Waals surface area contributed by atoms with Gasteiger partial charge in [0, 0.05) is 19.0 Å². The normalized spacial score (nSPS) is 29.7. The Balaban J connectivity index is 2.24. The fourth-order valence-electron chi connectivity index (χ4n) is 2.70.